The Balaban J connectivity index is 1.41. The zero-order valence-electron chi connectivity index (χ0n) is 20.2. The van der Waals surface area contributed by atoms with Crippen LogP contribution in [-0.2, 0) is 6.67 Å². The highest BCUT2D eigenvalue weighted by Crippen LogP contribution is 2.34. The predicted octanol–water partition coefficient (Wildman–Crippen LogP) is 4.10. The first-order chi connectivity index (χ1) is 18.4. The van der Waals surface area contributed by atoms with Gasteiger partial charge in [0.25, 0.3) is 0 Å². The Hall–Kier alpha value is -3.84. The lowest BCUT2D eigenvalue weighted by molar-refractivity contribution is 0.523. The molecule has 0 radical (unpaired) electrons. The monoisotopic (exact) mass is 516 g/mol. The Labute approximate surface area is 219 Å². The highest BCUT2D eigenvalue weighted by Gasteiger charge is 2.23. The third-order valence-electron chi connectivity index (χ3n) is 6.17. The number of benzene rings is 4. The van der Waals surface area contributed by atoms with Gasteiger partial charge in [-0.2, -0.15) is 10.2 Å². The minimum atomic E-state index is -0.759. The largest absolute Gasteiger partial charge is 0.243 e. The van der Waals surface area contributed by atoms with Crippen LogP contribution in [0.1, 0.15) is 0 Å². The molecule has 37 heavy (non-hydrogen) atoms. The van der Waals surface area contributed by atoms with Crippen molar-refractivity contribution in [3.8, 4) is 0 Å². The number of hydrogen-bond donors (Lipinski definition) is 0. The molecule has 6 rings (SSSR count). The van der Waals surface area contributed by atoms with E-state index in [0.717, 1.165) is 0 Å². The summed E-state index contributed by atoms with van der Waals surface area (Å²) in [7, 11) is -1.52. The molecular weight excluding hydrogens is 490 g/mol. The summed E-state index contributed by atoms with van der Waals surface area (Å²) in [6, 6.07) is 47.3. The quantitative estimate of drug-likeness (QED) is 0.286. The van der Waals surface area contributed by atoms with Gasteiger partial charge in [-0.05, 0) is 33.4 Å². The van der Waals surface area contributed by atoms with Gasteiger partial charge in [-0.1, -0.05) is 121 Å². The van der Waals surface area contributed by atoms with Crippen molar-refractivity contribution < 1.29 is 0 Å². The van der Waals surface area contributed by atoms with Crippen molar-refractivity contribution in [2.24, 2.45) is 0 Å². The van der Waals surface area contributed by atoms with Crippen LogP contribution in [0.2, 0.25) is 0 Å². The first-order valence-corrected chi connectivity index (χ1v) is 14.9. The molecule has 2 heterocycles. The fourth-order valence-electron chi connectivity index (χ4n) is 4.51. The molecule has 0 spiro atoms. The van der Waals surface area contributed by atoms with Crippen LogP contribution in [0, 0.1) is 0 Å². The van der Waals surface area contributed by atoms with E-state index in [1.807, 2.05) is 12.4 Å². The van der Waals surface area contributed by atoms with Crippen LogP contribution < -0.4 is 32.1 Å². The molecule has 2 aromatic heterocycles. The number of nitrogens with zero attached hydrogens (tertiary/aromatic N) is 4. The average molecular weight is 517 g/mol. The fraction of sp³-hybridized carbons (Fsp3) is 0.0323. The highest BCUT2D eigenvalue weighted by atomic mass is 31.1. The van der Waals surface area contributed by atoms with Gasteiger partial charge in [0, 0.05) is 28.2 Å². The summed E-state index contributed by atoms with van der Waals surface area (Å²) in [4.78, 5) is 0. The van der Waals surface area contributed by atoms with Gasteiger partial charge < -0.3 is 0 Å². The van der Waals surface area contributed by atoms with E-state index < -0.39 is 15.8 Å². The Bertz CT molecular complexity index is 1350. The van der Waals surface area contributed by atoms with Crippen LogP contribution in [0.5, 0.6) is 0 Å². The molecule has 0 bridgehead atoms. The van der Waals surface area contributed by atoms with Gasteiger partial charge in [0.15, 0.2) is 0 Å². The normalized spacial score (nSPS) is 11.3. The third kappa shape index (κ3) is 5.04. The Morgan fingerprint density at radius 1 is 0.405 bits per heavy atom. The van der Waals surface area contributed by atoms with E-state index in [-0.39, 0.29) is 0 Å². The van der Waals surface area contributed by atoms with E-state index >= 15 is 0 Å². The van der Waals surface area contributed by atoms with Crippen molar-refractivity contribution in [1.82, 2.24) is 19.6 Å². The average Bonchev–Trinajstić information content (AvgIpc) is 3.62. The van der Waals surface area contributed by atoms with Crippen LogP contribution >= 0.6 is 15.8 Å². The third-order valence-corrected chi connectivity index (χ3v) is 11.1. The maximum Gasteiger partial charge on any atom is 0.134 e. The molecule has 180 valence electrons. The lowest BCUT2D eigenvalue weighted by atomic mass is 10.4. The van der Waals surface area contributed by atoms with E-state index in [0.29, 0.717) is 6.67 Å². The van der Waals surface area contributed by atoms with Crippen LogP contribution in [0.4, 0.5) is 0 Å². The van der Waals surface area contributed by atoms with Crippen molar-refractivity contribution in [3.63, 3.8) is 0 Å². The van der Waals surface area contributed by atoms with E-state index in [4.69, 9.17) is 10.2 Å². The molecule has 6 heteroatoms. The van der Waals surface area contributed by atoms with E-state index in [2.05, 4.69) is 143 Å². The molecule has 4 nitrogen and oxygen atoms in total. The van der Waals surface area contributed by atoms with Gasteiger partial charge in [0.2, 0.25) is 0 Å². The summed E-state index contributed by atoms with van der Waals surface area (Å²) >= 11 is 0. The standard InChI is InChI=1S/C31H26N4P2/c1-5-13-26(14-6-1)36(27-15-7-2-8-16-27)30-21-23-32-34(30)25-35-31(22-24-33-35)37(28-17-9-3-10-18-28)29-19-11-4-12-20-29/h1-24H,25H2. The fourth-order valence-corrected chi connectivity index (χ4v) is 9.17. The van der Waals surface area contributed by atoms with E-state index in [1.54, 1.807) is 0 Å². The zero-order valence-corrected chi connectivity index (χ0v) is 22.0. The first kappa shape index (κ1) is 23.6. The summed E-state index contributed by atoms with van der Waals surface area (Å²) in [6.45, 7) is 0.557. The Morgan fingerprint density at radius 3 is 1.00 bits per heavy atom. The van der Waals surface area contributed by atoms with Crippen LogP contribution in [0.3, 0.4) is 0 Å². The minimum absolute atomic E-state index is 0.557. The smallest absolute Gasteiger partial charge is 0.134 e. The van der Waals surface area contributed by atoms with Gasteiger partial charge in [-0.25, -0.2) is 9.36 Å². The highest BCUT2D eigenvalue weighted by molar-refractivity contribution is 7.80. The molecule has 0 aliphatic heterocycles. The van der Waals surface area contributed by atoms with Gasteiger partial charge in [-0.3, -0.25) is 0 Å². The molecule has 0 atom stereocenters. The van der Waals surface area contributed by atoms with E-state index in [9.17, 15) is 0 Å². The van der Waals surface area contributed by atoms with Crippen molar-refractivity contribution >= 4 is 47.9 Å². The van der Waals surface area contributed by atoms with Crippen LogP contribution in [0.15, 0.2) is 146 Å². The van der Waals surface area contributed by atoms with Crippen molar-refractivity contribution in [3.05, 3.63) is 146 Å². The molecule has 6 aromatic rings. The molecule has 0 unspecified atom stereocenters. The molecule has 0 aliphatic rings. The Kier molecular flexibility index (Phi) is 7.03. The van der Waals surface area contributed by atoms with Gasteiger partial charge in [0.05, 0.1) is 10.9 Å². The summed E-state index contributed by atoms with van der Waals surface area (Å²) < 4.78 is 4.23. The second kappa shape index (κ2) is 11.0. The maximum absolute atomic E-state index is 4.79. The van der Waals surface area contributed by atoms with E-state index in [1.165, 1.54) is 32.1 Å². The molecule has 0 saturated carbocycles. The topological polar surface area (TPSA) is 35.6 Å². The molecule has 4 aromatic carbocycles. The number of aromatic nitrogens is 4. The van der Waals surface area contributed by atoms with Crippen molar-refractivity contribution in [2.45, 2.75) is 6.67 Å². The van der Waals surface area contributed by atoms with Crippen LogP contribution in [0.25, 0.3) is 0 Å². The minimum Gasteiger partial charge on any atom is -0.243 e. The SMILES string of the molecule is c1ccc(P(c2ccccc2)c2ccnn2Cn2nccc2P(c2ccccc2)c2ccccc2)cc1. The molecule has 0 saturated heterocycles. The molecule has 0 fully saturated rings. The second-order valence-electron chi connectivity index (χ2n) is 8.53. The number of rotatable bonds is 8. The lowest BCUT2D eigenvalue weighted by Gasteiger charge is -2.23. The summed E-state index contributed by atoms with van der Waals surface area (Å²) in [6.07, 6.45) is 3.83. The van der Waals surface area contributed by atoms with Gasteiger partial charge in [-0.15, -0.1) is 0 Å². The van der Waals surface area contributed by atoms with Crippen molar-refractivity contribution in [2.75, 3.05) is 0 Å². The summed E-state index contributed by atoms with van der Waals surface area (Å²) in [5, 5.41) is 14.8. The second-order valence-corrected chi connectivity index (χ2v) is 12.9. The van der Waals surface area contributed by atoms with Gasteiger partial charge >= 0.3 is 0 Å². The van der Waals surface area contributed by atoms with Crippen LogP contribution in [-0.4, -0.2) is 19.6 Å². The first-order valence-electron chi connectivity index (χ1n) is 12.2. The summed E-state index contributed by atoms with van der Waals surface area (Å²) in [5.74, 6) is 0. The molecule has 0 N–H and O–H groups in total. The molecular formula is C31H26N4P2. The van der Waals surface area contributed by atoms with Crippen molar-refractivity contribution in [1.29, 1.82) is 0 Å². The predicted molar refractivity (Wildman–Crippen MR) is 157 cm³/mol. The lowest BCUT2D eigenvalue weighted by Crippen LogP contribution is -2.33. The molecule has 0 amide bonds. The summed E-state index contributed by atoms with van der Waals surface area (Å²) in [5.41, 5.74) is 2.41. The zero-order chi connectivity index (χ0) is 24.9. The molecule has 0 aliphatic carbocycles. The van der Waals surface area contributed by atoms with Gasteiger partial charge in [0.1, 0.15) is 6.67 Å². The maximum atomic E-state index is 4.79. The number of hydrogen-bond acceptors (Lipinski definition) is 2. The Morgan fingerprint density at radius 2 is 0.703 bits per heavy atom.